The lowest BCUT2D eigenvalue weighted by Gasteiger charge is -2.14. The van der Waals surface area contributed by atoms with Crippen LogP contribution in [0.2, 0.25) is 0 Å². The van der Waals surface area contributed by atoms with E-state index in [0.717, 1.165) is 0 Å². The second-order valence-electron chi connectivity index (χ2n) is 4.22. The van der Waals surface area contributed by atoms with Crippen molar-refractivity contribution in [3.05, 3.63) is 42.2 Å². The molecule has 2 rings (SSSR count). The first kappa shape index (κ1) is 14.5. The Bertz CT molecular complexity index is 627. The summed E-state index contributed by atoms with van der Waals surface area (Å²) in [5.74, 6) is -1.40. The molecule has 0 aliphatic heterocycles. The molecule has 0 saturated heterocycles. The van der Waals surface area contributed by atoms with Crippen molar-refractivity contribution in [3.8, 4) is 5.75 Å². The van der Waals surface area contributed by atoms with Gasteiger partial charge < -0.3 is 20.1 Å². The molecule has 0 unspecified atom stereocenters. The van der Waals surface area contributed by atoms with Gasteiger partial charge in [0, 0.05) is 24.5 Å². The van der Waals surface area contributed by atoms with E-state index in [9.17, 15) is 14.7 Å². The van der Waals surface area contributed by atoms with Crippen LogP contribution >= 0.6 is 0 Å². The number of hydrogen-bond donors (Lipinski definition) is 3. The lowest BCUT2D eigenvalue weighted by Crippen LogP contribution is -2.42. The van der Waals surface area contributed by atoms with Crippen LogP contribution in [-0.2, 0) is 11.2 Å². The Morgan fingerprint density at radius 3 is 2.86 bits per heavy atom. The highest BCUT2D eigenvalue weighted by molar-refractivity contribution is 5.98. The third kappa shape index (κ3) is 3.56. The molecule has 1 amide bonds. The van der Waals surface area contributed by atoms with Gasteiger partial charge in [-0.15, -0.1) is 0 Å². The summed E-state index contributed by atoms with van der Waals surface area (Å²) in [6, 6.07) is 0.388. The smallest absolute Gasteiger partial charge is 0.326 e. The molecule has 0 spiro atoms. The number of amides is 1. The van der Waals surface area contributed by atoms with Gasteiger partial charge in [-0.1, -0.05) is 0 Å². The number of imidazole rings is 1. The van der Waals surface area contributed by atoms with Crippen molar-refractivity contribution in [1.29, 1.82) is 0 Å². The van der Waals surface area contributed by atoms with Gasteiger partial charge in [-0.2, -0.15) is 0 Å². The van der Waals surface area contributed by atoms with E-state index in [2.05, 4.69) is 20.3 Å². The summed E-state index contributed by atoms with van der Waals surface area (Å²) in [5.41, 5.74) is 0.841. The summed E-state index contributed by atoms with van der Waals surface area (Å²) in [7, 11) is 1.41. The summed E-state index contributed by atoms with van der Waals surface area (Å²) in [4.78, 5) is 33.9. The summed E-state index contributed by atoms with van der Waals surface area (Å²) in [5, 5.41) is 11.7. The number of aromatic nitrogens is 3. The molecule has 8 nitrogen and oxygen atoms in total. The first-order chi connectivity index (χ1) is 10.1. The van der Waals surface area contributed by atoms with E-state index < -0.39 is 17.9 Å². The van der Waals surface area contributed by atoms with Crippen molar-refractivity contribution < 1.29 is 19.4 Å². The lowest BCUT2D eigenvalue weighted by atomic mass is 10.1. The van der Waals surface area contributed by atoms with Gasteiger partial charge in [0.15, 0.2) is 0 Å². The number of aromatic amines is 1. The van der Waals surface area contributed by atoms with Crippen LogP contribution in [0.4, 0.5) is 0 Å². The van der Waals surface area contributed by atoms with Crippen molar-refractivity contribution in [2.24, 2.45) is 0 Å². The third-order valence-corrected chi connectivity index (χ3v) is 2.83. The first-order valence-electron chi connectivity index (χ1n) is 6.10. The Morgan fingerprint density at radius 1 is 1.43 bits per heavy atom. The molecule has 0 fully saturated rings. The molecule has 0 aliphatic carbocycles. The summed E-state index contributed by atoms with van der Waals surface area (Å²) in [6.07, 6.45) is 5.88. The number of carboxylic acids is 1. The lowest BCUT2D eigenvalue weighted by molar-refractivity contribution is -0.139. The van der Waals surface area contributed by atoms with Crippen LogP contribution in [0.1, 0.15) is 16.1 Å². The standard InChI is InChI=1S/C13H14N4O4/c1-21-11-6-14-3-2-9(11)12(18)17-10(13(19)20)4-8-5-15-7-16-8/h2-3,5-7,10H,4H2,1H3,(H,15,16)(H,17,18)(H,19,20)/t10-/m1/s1. The van der Waals surface area contributed by atoms with Crippen molar-refractivity contribution in [2.75, 3.05) is 7.11 Å². The number of nitrogens with one attached hydrogen (secondary N) is 2. The zero-order valence-electron chi connectivity index (χ0n) is 11.2. The van der Waals surface area contributed by atoms with Crippen molar-refractivity contribution >= 4 is 11.9 Å². The number of rotatable bonds is 6. The number of pyridine rings is 1. The van der Waals surface area contributed by atoms with Gasteiger partial charge in [-0.25, -0.2) is 9.78 Å². The SMILES string of the molecule is COc1cnccc1C(=O)N[C@H](Cc1cnc[nH]1)C(=O)O. The molecule has 0 radical (unpaired) electrons. The van der Waals surface area contributed by atoms with E-state index in [-0.39, 0.29) is 17.7 Å². The minimum atomic E-state index is -1.13. The van der Waals surface area contributed by atoms with Gasteiger partial charge in [0.05, 0.1) is 25.2 Å². The maximum Gasteiger partial charge on any atom is 0.326 e. The van der Waals surface area contributed by atoms with Crippen LogP contribution in [0.5, 0.6) is 5.75 Å². The van der Waals surface area contributed by atoms with E-state index in [1.165, 1.54) is 38.1 Å². The van der Waals surface area contributed by atoms with Crippen molar-refractivity contribution in [3.63, 3.8) is 0 Å². The highest BCUT2D eigenvalue weighted by Gasteiger charge is 2.23. The molecular formula is C13H14N4O4. The molecule has 0 saturated carbocycles. The fraction of sp³-hybridized carbons (Fsp3) is 0.231. The minimum absolute atomic E-state index is 0.106. The molecule has 0 bridgehead atoms. The van der Waals surface area contributed by atoms with Gasteiger partial charge in [0.25, 0.3) is 5.91 Å². The van der Waals surface area contributed by atoms with Crippen molar-refractivity contribution in [2.45, 2.75) is 12.5 Å². The van der Waals surface area contributed by atoms with E-state index in [0.29, 0.717) is 5.69 Å². The molecule has 3 N–H and O–H groups in total. The fourth-order valence-corrected chi connectivity index (χ4v) is 1.78. The molecule has 2 heterocycles. The highest BCUT2D eigenvalue weighted by atomic mass is 16.5. The highest BCUT2D eigenvalue weighted by Crippen LogP contribution is 2.15. The fourth-order valence-electron chi connectivity index (χ4n) is 1.78. The number of aliphatic carboxylic acids is 1. The number of hydrogen-bond acceptors (Lipinski definition) is 5. The Morgan fingerprint density at radius 2 is 2.24 bits per heavy atom. The summed E-state index contributed by atoms with van der Waals surface area (Å²) >= 11 is 0. The van der Waals surface area contributed by atoms with Gasteiger partial charge >= 0.3 is 5.97 Å². The van der Waals surface area contributed by atoms with E-state index >= 15 is 0 Å². The number of carbonyl (C=O) groups is 2. The van der Waals surface area contributed by atoms with Gasteiger partial charge in [-0.3, -0.25) is 9.78 Å². The summed E-state index contributed by atoms with van der Waals surface area (Å²) < 4.78 is 5.03. The zero-order chi connectivity index (χ0) is 15.2. The van der Waals surface area contributed by atoms with Crippen LogP contribution in [0.3, 0.4) is 0 Å². The number of nitrogens with zero attached hydrogens (tertiary/aromatic N) is 2. The van der Waals surface area contributed by atoms with Crippen molar-refractivity contribution in [1.82, 2.24) is 20.3 Å². The molecule has 8 heteroatoms. The van der Waals surface area contributed by atoms with E-state index in [1.54, 1.807) is 0 Å². The quantitative estimate of drug-likeness (QED) is 0.701. The molecular weight excluding hydrogens is 276 g/mol. The van der Waals surface area contributed by atoms with Crippen LogP contribution < -0.4 is 10.1 Å². The predicted molar refractivity (Wildman–Crippen MR) is 72.0 cm³/mol. The van der Waals surface area contributed by atoms with Gasteiger partial charge in [-0.05, 0) is 6.07 Å². The topological polar surface area (TPSA) is 117 Å². The van der Waals surface area contributed by atoms with Crippen LogP contribution in [-0.4, -0.2) is 45.1 Å². The number of ether oxygens (including phenoxy) is 1. The first-order valence-corrected chi connectivity index (χ1v) is 6.10. The Labute approximate surface area is 120 Å². The predicted octanol–water partition coefficient (Wildman–Crippen LogP) is 0.239. The van der Waals surface area contributed by atoms with Crippen LogP contribution in [0.25, 0.3) is 0 Å². The Hall–Kier alpha value is -2.90. The normalized spacial score (nSPS) is 11.7. The average molecular weight is 290 g/mol. The third-order valence-electron chi connectivity index (χ3n) is 2.83. The van der Waals surface area contributed by atoms with Crippen LogP contribution in [0, 0.1) is 0 Å². The number of carbonyl (C=O) groups excluding carboxylic acids is 1. The second-order valence-corrected chi connectivity index (χ2v) is 4.22. The second kappa shape index (κ2) is 6.51. The number of H-pyrrole nitrogens is 1. The maximum absolute atomic E-state index is 12.2. The Balaban J connectivity index is 2.13. The average Bonchev–Trinajstić information content (AvgIpc) is 2.99. The van der Waals surface area contributed by atoms with E-state index in [1.807, 2.05) is 0 Å². The molecule has 0 aromatic carbocycles. The largest absolute Gasteiger partial charge is 0.494 e. The molecule has 0 aliphatic rings. The van der Waals surface area contributed by atoms with Gasteiger partial charge in [0.1, 0.15) is 11.8 Å². The number of methoxy groups -OCH3 is 1. The minimum Gasteiger partial charge on any atom is -0.494 e. The van der Waals surface area contributed by atoms with E-state index in [4.69, 9.17) is 4.74 Å². The molecule has 110 valence electrons. The zero-order valence-corrected chi connectivity index (χ0v) is 11.2. The molecule has 21 heavy (non-hydrogen) atoms. The number of carboxylic acid groups (broad SMARTS) is 1. The molecule has 2 aromatic rings. The maximum atomic E-state index is 12.2. The molecule has 2 aromatic heterocycles. The monoisotopic (exact) mass is 290 g/mol. The van der Waals surface area contributed by atoms with Gasteiger partial charge in [0.2, 0.25) is 0 Å². The summed E-state index contributed by atoms with van der Waals surface area (Å²) in [6.45, 7) is 0. The molecule has 1 atom stereocenters. The Kier molecular flexibility index (Phi) is 4.50. The van der Waals surface area contributed by atoms with Crippen LogP contribution in [0.15, 0.2) is 31.0 Å².